The van der Waals surface area contributed by atoms with Gasteiger partial charge >= 0.3 is 11.9 Å². The van der Waals surface area contributed by atoms with Crippen LogP contribution in [0.25, 0.3) is 0 Å². The van der Waals surface area contributed by atoms with Crippen LogP contribution in [-0.4, -0.2) is 36.9 Å². The Morgan fingerprint density at radius 2 is 1.86 bits per heavy atom. The molecule has 1 aliphatic carbocycles. The summed E-state index contributed by atoms with van der Waals surface area (Å²) in [4.78, 5) is 22.7. The maximum absolute atomic E-state index is 11.4. The van der Waals surface area contributed by atoms with Gasteiger partial charge in [0, 0.05) is 0 Å². The maximum Gasteiger partial charge on any atom is 0.417 e. The lowest BCUT2D eigenvalue weighted by Gasteiger charge is -2.30. The highest BCUT2D eigenvalue weighted by Crippen LogP contribution is 2.38. The van der Waals surface area contributed by atoms with E-state index in [9.17, 15) is 9.59 Å². The first-order valence-corrected chi connectivity index (χ1v) is 7.77. The fraction of sp³-hybridized carbons (Fsp3) is 0.765. The fourth-order valence-electron chi connectivity index (χ4n) is 2.49. The van der Waals surface area contributed by atoms with E-state index in [0.29, 0.717) is 0 Å². The molecule has 0 saturated heterocycles. The number of ether oxygens (including phenoxy) is 3. The summed E-state index contributed by atoms with van der Waals surface area (Å²) >= 11 is 0. The fourth-order valence-corrected chi connectivity index (χ4v) is 2.49. The van der Waals surface area contributed by atoms with Crippen LogP contribution >= 0.6 is 0 Å². The first-order chi connectivity index (χ1) is 10.1. The molecule has 0 aromatic carbocycles. The quantitative estimate of drug-likeness (QED) is 0.428. The number of esters is 2. The molecule has 0 fully saturated rings. The largest absolute Gasteiger partial charge is 0.458 e. The zero-order valence-corrected chi connectivity index (χ0v) is 14.5. The van der Waals surface area contributed by atoms with E-state index in [1.165, 1.54) is 5.57 Å². The molecule has 0 N–H and O–H groups in total. The van der Waals surface area contributed by atoms with Gasteiger partial charge in [-0.1, -0.05) is 19.9 Å². The zero-order chi connectivity index (χ0) is 17.0. The Balaban J connectivity index is 2.46. The predicted molar refractivity (Wildman–Crippen MR) is 83.3 cm³/mol. The molecule has 0 bridgehead atoms. The van der Waals surface area contributed by atoms with Gasteiger partial charge in [0.2, 0.25) is 0 Å². The van der Waals surface area contributed by atoms with Gasteiger partial charge in [0.05, 0.1) is 18.3 Å². The van der Waals surface area contributed by atoms with Crippen molar-refractivity contribution in [2.24, 2.45) is 5.41 Å². The molecule has 0 spiro atoms. The van der Waals surface area contributed by atoms with Crippen molar-refractivity contribution in [3.8, 4) is 0 Å². The summed E-state index contributed by atoms with van der Waals surface area (Å²) in [5, 5.41) is 0. The minimum Gasteiger partial charge on any atom is -0.458 e. The van der Waals surface area contributed by atoms with Crippen LogP contribution in [0.2, 0.25) is 0 Å². The highest BCUT2D eigenvalue weighted by molar-refractivity contribution is 6.29. The van der Waals surface area contributed by atoms with E-state index in [4.69, 9.17) is 9.47 Å². The molecule has 0 heterocycles. The van der Waals surface area contributed by atoms with Crippen LogP contribution in [0.5, 0.6) is 0 Å². The van der Waals surface area contributed by atoms with Crippen LogP contribution in [-0.2, 0) is 23.8 Å². The average Bonchev–Trinajstić information content (AvgIpc) is 2.76. The molecule has 1 rings (SSSR count). The van der Waals surface area contributed by atoms with Crippen LogP contribution in [0.3, 0.4) is 0 Å². The summed E-state index contributed by atoms with van der Waals surface area (Å²) in [5.41, 5.74) is 0.887. The van der Waals surface area contributed by atoms with E-state index >= 15 is 0 Å². The van der Waals surface area contributed by atoms with Crippen LogP contribution < -0.4 is 0 Å². The summed E-state index contributed by atoms with van der Waals surface area (Å²) in [7, 11) is 0. The van der Waals surface area contributed by atoms with Gasteiger partial charge in [0.1, 0.15) is 6.61 Å². The van der Waals surface area contributed by atoms with Crippen LogP contribution in [0.1, 0.15) is 54.4 Å². The van der Waals surface area contributed by atoms with Crippen molar-refractivity contribution in [2.45, 2.75) is 66.1 Å². The van der Waals surface area contributed by atoms with E-state index in [1.54, 1.807) is 6.92 Å². The van der Waals surface area contributed by atoms with Gasteiger partial charge in [0.15, 0.2) is 0 Å². The van der Waals surface area contributed by atoms with Crippen molar-refractivity contribution in [3.05, 3.63) is 11.6 Å². The van der Waals surface area contributed by atoms with Gasteiger partial charge in [-0.05, 0) is 51.5 Å². The lowest BCUT2D eigenvalue weighted by atomic mass is 9.89. The molecular weight excluding hydrogens is 284 g/mol. The van der Waals surface area contributed by atoms with Crippen molar-refractivity contribution in [1.29, 1.82) is 0 Å². The monoisotopic (exact) mass is 312 g/mol. The summed E-state index contributed by atoms with van der Waals surface area (Å²) in [6.45, 7) is 11.9. The minimum absolute atomic E-state index is 0.00562. The lowest BCUT2D eigenvalue weighted by Crippen LogP contribution is -2.37. The molecule has 0 aliphatic heterocycles. The Hall–Kier alpha value is -1.36. The Bertz CT molecular complexity index is 448. The SMILES string of the molecule is CCOC(=O)C(=O)OCC(C)(C)OC(C)C1=CCC(C)(C)C1. The summed E-state index contributed by atoms with van der Waals surface area (Å²) < 4.78 is 15.6. The third-order valence-electron chi connectivity index (χ3n) is 3.61. The second kappa shape index (κ2) is 7.27. The molecule has 1 atom stereocenters. The van der Waals surface area contributed by atoms with Gasteiger partial charge in [-0.15, -0.1) is 0 Å². The molecular formula is C17H28O5. The highest BCUT2D eigenvalue weighted by Gasteiger charge is 2.31. The third kappa shape index (κ3) is 5.79. The van der Waals surface area contributed by atoms with Gasteiger partial charge in [-0.25, -0.2) is 9.59 Å². The second-order valence-corrected chi connectivity index (χ2v) is 7.14. The summed E-state index contributed by atoms with van der Waals surface area (Å²) in [5.74, 6) is -1.95. The van der Waals surface area contributed by atoms with Crippen molar-refractivity contribution in [2.75, 3.05) is 13.2 Å². The van der Waals surface area contributed by atoms with Crippen LogP contribution in [0.15, 0.2) is 11.6 Å². The first kappa shape index (κ1) is 18.7. The van der Waals surface area contributed by atoms with Gasteiger partial charge < -0.3 is 14.2 Å². The number of carbonyl (C=O) groups is 2. The second-order valence-electron chi connectivity index (χ2n) is 7.14. The third-order valence-corrected chi connectivity index (χ3v) is 3.61. The van der Waals surface area contributed by atoms with E-state index < -0.39 is 17.5 Å². The molecule has 5 heteroatoms. The molecule has 0 radical (unpaired) electrons. The molecule has 1 aliphatic rings. The number of allylic oxidation sites excluding steroid dienone is 1. The van der Waals surface area contributed by atoms with E-state index in [-0.39, 0.29) is 24.7 Å². The lowest BCUT2D eigenvalue weighted by molar-refractivity contribution is -0.173. The van der Waals surface area contributed by atoms with Crippen molar-refractivity contribution in [3.63, 3.8) is 0 Å². The Morgan fingerprint density at radius 1 is 1.27 bits per heavy atom. The highest BCUT2D eigenvalue weighted by atomic mass is 16.6. The molecule has 0 saturated carbocycles. The summed E-state index contributed by atoms with van der Waals surface area (Å²) in [6.07, 6.45) is 4.24. The standard InChI is InChI=1S/C17H28O5/c1-7-20-14(18)15(19)21-11-17(5,6)22-12(2)13-8-9-16(3,4)10-13/h8,12H,7,9-11H2,1-6H3. The van der Waals surface area contributed by atoms with Crippen molar-refractivity contribution < 1.29 is 23.8 Å². The van der Waals surface area contributed by atoms with E-state index in [0.717, 1.165) is 12.8 Å². The maximum atomic E-state index is 11.4. The number of hydrogen-bond donors (Lipinski definition) is 0. The molecule has 0 aromatic rings. The van der Waals surface area contributed by atoms with Gasteiger partial charge in [-0.2, -0.15) is 0 Å². The average molecular weight is 312 g/mol. The van der Waals surface area contributed by atoms with Crippen molar-refractivity contribution in [1.82, 2.24) is 0 Å². The van der Waals surface area contributed by atoms with Crippen LogP contribution in [0.4, 0.5) is 0 Å². The van der Waals surface area contributed by atoms with Gasteiger partial charge in [0.25, 0.3) is 0 Å². The minimum atomic E-state index is -0.979. The van der Waals surface area contributed by atoms with Crippen LogP contribution in [0, 0.1) is 5.41 Å². The first-order valence-electron chi connectivity index (χ1n) is 7.77. The Labute approximate surface area is 133 Å². The molecule has 0 aromatic heterocycles. The Morgan fingerprint density at radius 3 is 2.36 bits per heavy atom. The number of rotatable bonds is 6. The van der Waals surface area contributed by atoms with Crippen molar-refractivity contribution >= 4 is 11.9 Å². The molecule has 5 nitrogen and oxygen atoms in total. The molecule has 126 valence electrons. The van der Waals surface area contributed by atoms with Gasteiger partial charge in [-0.3, -0.25) is 0 Å². The summed E-state index contributed by atoms with van der Waals surface area (Å²) in [6, 6.07) is 0. The smallest absolute Gasteiger partial charge is 0.417 e. The topological polar surface area (TPSA) is 61.8 Å². The zero-order valence-electron chi connectivity index (χ0n) is 14.5. The van der Waals surface area contributed by atoms with E-state index in [2.05, 4.69) is 24.7 Å². The Kier molecular flexibility index (Phi) is 6.17. The van der Waals surface area contributed by atoms with E-state index in [1.807, 2.05) is 20.8 Å². The molecule has 1 unspecified atom stereocenters. The predicted octanol–water partition coefficient (Wildman–Crippen LogP) is 3.02. The number of hydrogen-bond acceptors (Lipinski definition) is 5. The number of carbonyl (C=O) groups excluding carboxylic acids is 2. The normalized spacial score (nSPS) is 18.5. The molecule has 0 amide bonds. The molecule has 22 heavy (non-hydrogen) atoms.